The highest BCUT2D eigenvalue weighted by atomic mass is 79.9. The van der Waals surface area contributed by atoms with Crippen LogP contribution in [-0.2, 0) is 6.54 Å². The highest BCUT2D eigenvalue weighted by molar-refractivity contribution is 9.11. The Hall–Kier alpha value is 0.0300. The van der Waals surface area contributed by atoms with Crippen molar-refractivity contribution in [2.45, 2.75) is 38.8 Å². The van der Waals surface area contributed by atoms with E-state index in [0.29, 0.717) is 12.0 Å². The van der Waals surface area contributed by atoms with Crippen LogP contribution in [0.25, 0.3) is 0 Å². The summed E-state index contributed by atoms with van der Waals surface area (Å²) >= 11 is 7.05. The molecule has 0 radical (unpaired) electrons. The summed E-state index contributed by atoms with van der Waals surface area (Å²) in [6.45, 7) is 4.96. The first-order valence-electron chi connectivity index (χ1n) is 6.89. The molecule has 0 bridgehead atoms. The number of rotatable bonds is 5. The molecule has 1 aromatic rings. The van der Waals surface area contributed by atoms with Crippen molar-refractivity contribution < 1.29 is 0 Å². The average molecular weight is 391 g/mol. The second kappa shape index (κ2) is 7.16. The molecule has 19 heavy (non-hydrogen) atoms. The van der Waals surface area contributed by atoms with Crippen molar-refractivity contribution in [2.24, 2.45) is 11.7 Å². The fraction of sp³-hybridized carbons (Fsp3) is 0.643. The molecule has 2 N–H and O–H groups in total. The number of nitrogens with two attached hydrogens (primary N) is 1. The first kappa shape index (κ1) is 15.4. The summed E-state index contributed by atoms with van der Waals surface area (Å²) in [7, 11) is 0. The van der Waals surface area contributed by atoms with Crippen molar-refractivity contribution in [3.63, 3.8) is 0 Å². The molecule has 2 atom stereocenters. The van der Waals surface area contributed by atoms with Gasteiger partial charge in [0.1, 0.15) is 0 Å². The first-order chi connectivity index (χ1) is 9.15. The summed E-state index contributed by atoms with van der Waals surface area (Å²) in [5.74, 6) is 0.647. The van der Waals surface area contributed by atoms with Crippen LogP contribution in [0.2, 0.25) is 0 Å². The summed E-state index contributed by atoms with van der Waals surface area (Å²) in [6, 6.07) is 2.68. The largest absolute Gasteiger partial charge is 0.330 e. The van der Waals surface area contributed by atoms with E-state index in [-0.39, 0.29) is 0 Å². The number of nitrogens with zero attached hydrogens (tertiary/aromatic N) is 2. The van der Waals surface area contributed by atoms with Crippen LogP contribution in [-0.4, -0.2) is 29.0 Å². The molecule has 1 aliphatic rings. The summed E-state index contributed by atoms with van der Waals surface area (Å²) in [6.07, 6.45) is 5.71. The van der Waals surface area contributed by atoms with E-state index in [1.54, 1.807) is 0 Å². The molecule has 0 amide bonds. The highest BCUT2D eigenvalue weighted by Gasteiger charge is 2.30. The Kier molecular flexibility index (Phi) is 5.81. The predicted octanol–water partition coefficient (Wildman–Crippen LogP) is 3.56. The van der Waals surface area contributed by atoms with E-state index in [2.05, 4.69) is 54.7 Å². The summed E-state index contributed by atoms with van der Waals surface area (Å²) in [4.78, 5) is 7.04. The molecule has 1 aliphatic carbocycles. The van der Waals surface area contributed by atoms with Gasteiger partial charge in [-0.25, -0.2) is 0 Å². The topological polar surface area (TPSA) is 42.2 Å². The number of pyridine rings is 1. The lowest BCUT2D eigenvalue weighted by Crippen LogP contribution is -2.40. The lowest BCUT2D eigenvalue weighted by molar-refractivity contribution is 0.160. The zero-order chi connectivity index (χ0) is 13.8. The molecule has 0 spiro atoms. The summed E-state index contributed by atoms with van der Waals surface area (Å²) in [5.41, 5.74) is 7.01. The van der Waals surface area contributed by atoms with Gasteiger partial charge in [0.2, 0.25) is 0 Å². The molecule has 1 heterocycles. The minimum absolute atomic E-state index is 0.618. The quantitative estimate of drug-likeness (QED) is 0.835. The minimum atomic E-state index is 0.618. The Morgan fingerprint density at radius 3 is 2.84 bits per heavy atom. The normalized spacial score (nSPS) is 23.2. The van der Waals surface area contributed by atoms with Crippen molar-refractivity contribution in [1.29, 1.82) is 0 Å². The van der Waals surface area contributed by atoms with Crippen LogP contribution in [0.15, 0.2) is 21.2 Å². The number of halogens is 2. The molecule has 0 saturated heterocycles. The van der Waals surface area contributed by atoms with Gasteiger partial charge in [-0.15, -0.1) is 0 Å². The molecule has 1 aromatic heterocycles. The number of aromatic nitrogens is 1. The van der Waals surface area contributed by atoms with Gasteiger partial charge >= 0.3 is 0 Å². The Morgan fingerprint density at radius 2 is 2.21 bits per heavy atom. The van der Waals surface area contributed by atoms with Crippen molar-refractivity contribution >= 4 is 31.9 Å². The van der Waals surface area contributed by atoms with Crippen molar-refractivity contribution in [3.8, 4) is 0 Å². The Morgan fingerprint density at radius 1 is 1.42 bits per heavy atom. The van der Waals surface area contributed by atoms with Crippen LogP contribution in [0.3, 0.4) is 0 Å². The van der Waals surface area contributed by atoms with E-state index >= 15 is 0 Å². The van der Waals surface area contributed by atoms with Crippen LogP contribution in [0.4, 0.5) is 0 Å². The van der Waals surface area contributed by atoms with Gasteiger partial charge in [-0.3, -0.25) is 9.88 Å². The maximum absolute atomic E-state index is 5.90. The third kappa shape index (κ3) is 3.78. The van der Waals surface area contributed by atoms with Gasteiger partial charge in [0, 0.05) is 27.7 Å². The molecule has 3 nitrogen and oxygen atoms in total. The predicted molar refractivity (Wildman–Crippen MR) is 85.9 cm³/mol. The zero-order valence-electron chi connectivity index (χ0n) is 11.3. The van der Waals surface area contributed by atoms with Crippen LogP contribution >= 0.6 is 31.9 Å². The molecule has 0 aromatic carbocycles. The van der Waals surface area contributed by atoms with Crippen LogP contribution < -0.4 is 5.73 Å². The SMILES string of the molecule is CCN(Cc1ncc(Br)cc1Br)C1CCCC1CN. The van der Waals surface area contributed by atoms with Crippen LogP contribution in [0.5, 0.6) is 0 Å². The fourth-order valence-corrected chi connectivity index (χ4v) is 4.10. The molecular weight excluding hydrogens is 370 g/mol. The highest BCUT2D eigenvalue weighted by Crippen LogP contribution is 2.31. The third-order valence-electron chi connectivity index (χ3n) is 4.03. The smallest absolute Gasteiger partial charge is 0.0686 e. The molecule has 1 saturated carbocycles. The molecule has 5 heteroatoms. The van der Waals surface area contributed by atoms with Gasteiger partial charge in [-0.1, -0.05) is 13.3 Å². The van der Waals surface area contributed by atoms with Crippen molar-refractivity contribution in [1.82, 2.24) is 9.88 Å². The maximum Gasteiger partial charge on any atom is 0.0686 e. The second-order valence-corrected chi connectivity index (χ2v) is 6.91. The van der Waals surface area contributed by atoms with E-state index in [1.807, 2.05) is 6.20 Å². The lowest BCUT2D eigenvalue weighted by atomic mass is 10.0. The number of hydrogen-bond acceptors (Lipinski definition) is 3. The van der Waals surface area contributed by atoms with E-state index in [9.17, 15) is 0 Å². The van der Waals surface area contributed by atoms with Gasteiger partial charge in [0.15, 0.2) is 0 Å². The molecular formula is C14H21Br2N3. The number of hydrogen-bond donors (Lipinski definition) is 1. The van der Waals surface area contributed by atoms with E-state index < -0.39 is 0 Å². The molecule has 0 aliphatic heterocycles. The zero-order valence-corrected chi connectivity index (χ0v) is 14.5. The van der Waals surface area contributed by atoms with Crippen molar-refractivity contribution in [2.75, 3.05) is 13.1 Å². The van der Waals surface area contributed by atoms with Gasteiger partial charge in [0.25, 0.3) is 0 Å². The van der Waals surface area contributed by atoms with Gasteiger partial charge in [-0.05, 0) is 69.8 Å². The molecule has 106 valence electrons. The van der Waals surface area contributed by atoms with Gasteiger partial charge in [0.05, 0.1) is 5.69 Å². The fourth-order valence-electron chi connectivity index (χ4n) is 2.99. The third-order valence-corrected chi connectivity index (χ3v) is 5.15. The lowest BCUT2D eigenvalue weighted by Gasteiger charge is -2.31. The van der Waals surface area contributed by atoms with Crippen molar-refractivity contribution in [3.05, 3.63) is 26.9 Å². The summed E-state index contributed by atoms with van der Waals surface area (Å²) in [5, 5.41) is 0. The van der Waals surface area contributed by atoms with Crippen LogP contribution in [0.1, 0.15) is 31.9 Å². The Bertz CT molecular complexity index is 425. The monoisotopic (exact) mass is 389 g/mol. The standard InChI is InChI=1S/C14H21Br2N3/c1-2-19(14-5-3-4-10(14)7-17)9-13-12(16)6-11(15)8-18-13/h6,8,10,14H,2-5,7,9,17H2,1H3. The van der Waals surface area contributed by atoms with Gasteiger partial charge in [-0.2, -0.15) is 0 Å². The molecule has 1 fully saturated rings. The maximum atomic E-state index is 5.90. The van der Waals surface area contributed by atoms with Gasteiger partial charge < -0.3 is 5.73 Å². The average Bonchev–Trinajstić information content (AvgIpc) is 2.86. The van der Waals surface area contributed by atoms with E-state index in [1.165, 1.54) is 19.3 Å². The molecule has 2 rings (SSSR count). The summed E-state index contributed by atoms with van der Waals surface area (Å²) < 4.78 is 2.08. The molecule has 2 unspecified atom stereocenters. The Balaban J connectivity index is 2.10. The van der Waals surface area contributed by atoms with E-state index in [0.717, 1.165) is 34.3 Å². The minimum Gasteiger partial charge on any atom is -0.330 e. The van der Waals surface area contributed by atoms with E-state index in [4.69, 9.17) is 5.73 Å². The second-order valence-electron chi connectivity index (χ2n) is 5.14. The van der Waals surface area contributed by atoms with Crippen LogP contribution in [0, 0.1) is 5.92 Å². The first-order valence-corrected chi connectivity index (χ1v) is 8.48. The Labute approximate surface area is 132 Å².